The van der Waals surface area contributed by atoms with Crippen LogP contribution in [0.15, 0.2) is 12.2 Å². The van der Waals surface area contributed by atoms with Crippen LogP contribution in [-0.2, 0) is 14.3 Å². The van der Waals surface area contributed by atoms with E-state index in [1.54, 1.807) is 12.2 Å². The SMILES string of the molecule is CCCCCC(O)C=C[C@@H]1[C@@H](C(O)CCCCCC(=O)OC)C(=O)C[C@@H]1O. The van der Waals surface area contributed by atoms with Crippen molar-refractivity contribution in [3.05, 3.63) is 12.2 Å². The van der Waals surface area contributed by atoms with Crippen molar-refractivity contribution in [3.63, 3.8) is 0 Å². The summed E-state index contributed by atoms with van der Waals surface area (Å²) in [7, 11) is 1.36. The molecule has 1 fully saturated rings. The molecule has 1 aliphatic rings. The molecule has 156 valence electrons. The van der Waals surface area contributed by atoms with Gasteiger partial charge in [-0.2, -0.15) is 0 Å². The third-order valence-corrected chi connectivity index (χ3v) is 5.32. The zero-order chi connectivity index (χ0) is 20.2. The van der Waals surface area contributed by atoms with E-state index in [2.05, 4.69) is 11.7 Å². The average molecular weight is 385 g/mol. The van der Waals surface area contributed by atoms with Crippen molar-refractivity contribution in [2.24, 2.45) is 11.8 Å². The number of aliphatic hydroxyl groups excluding tert-OH is 3. The summed E-state index contributed by atoms with van der Waals surface area (Å²) in [5.41, 5.74) is 0. The zero-order valence-electron chi connectivity index (χ0n) is 16.7. The highest BCUT2D eigenvalue weighted by Gasteiger charge is 2.43. The number of ketones is 1. The molecule has 6 heteroatoms. The van der Waals surface area contributed by atoms with E-state index in [1.807, 2.05) is 0 Å². The Balaban J connectivity index is 2.49. The first-order chi connectivity index (χ1) is 12.9. The lowest BCUT2D eigenvalue weighted by Crippen LogP contribution is -2.30. The number of methoxy groups -OCH3 is 1. The third-order valence-electron chi connectivity index (χ3n) is 5.32. The molecule has 5 atom stereocenters. The van der Waals surface area contributed by atoms with E-state index in [0.717, 1.165) is 25.7 Å². The highest BCUT2D eigenvalue weighted by Crippen LogP contribution is 2.34. The minimum atomic E-state index is -0.820. The predicted octanol–water partition coefficient (Wildman–Crippen LogP) is 2.53. The molecule has 0 saturated heterocycles. The van der Waals surface area contributed by atoms with Crippen molar-refractivity contribution in [1.29, 1.82) is 0 Å². The minimum Gasteiger partial charge on any atom is -0.469 e. The molecule has 0 amide bonds. The molecule has 0 aliphatic heterocycles. The molecule has 1 saturated carbocycles. The van der Waals surface area contributed by atoms with Crippen LogP contribution in [0.2, 0.25) is 0 Å². The summed E-state index contributed by atoms with van der Waals surface area (Å²) < 4.78 is 4.59. The Morgan fingerprint density at radius 3 is 2.56 bits per heavy atom. The number of aliphatic hydroxyl groups is 3. The van der Waals surface area contributed by atoms with Gasteiger partial charge in [-0.3, -0.25) is 9.59 Å². The predicted molar refractivity (Wildman–Crippen MR) is 103 cm³/mol. The van der Waals surface area contributed by atoms with Gasteiger partial charge >= 0.3 is 5.97 Å². The first-order valence-electron chi connectivity index (χ1n) is 10.2. The molecular weight excluding hydrogens is 348 g/mol. The molecule has 0 heterocycles. The van der Waals surface area contributed by atoms with Gasteiger partial charge in [-0.25, -0.2) is 0 Å². The van der Waals surface area contributed by atoms with Crippen LogP contribution >= 0.6 is 0 Å². The van der Waals surface area contributed by atoms with Crippen LogP contribution in [0, 0.1) is 11.8 Å². The number of ether oxygens (including phenoxy) is 1. The van der Waals surface area contributed by atoms with Crippen molar-refractivity contribution in [1.82, 2.24) is 0 Å². The maximum absolute atomic E-state index is 12.2. The molecule has 1 rings (SSSR count). The first-order valence-corrected chi connectivity index (χ1v) is 10.2. The number of rotatable bonds is 13. The molecule has 0 aromatic rings. The van der Waals surface area contributed by atoms with Crippen LogP contribution in [0.25, 0.3) is 0 Å². The number of hydrogen-bond acceptors (Lipinski definition) is 6. The van der Waals surface area contributed by atoms with Crippen LogP contribution in [0.3, 0.4) is 0 Å². The summed E-state index contributed by atoms with van der Waals surface area (Å²) >= 11 is 0. The van der Waals surface area contributed by atoms with Crippen molar-refractivity contribution in [2.45, 2.75) is 89.4 Å². The number of esters is 1. The van der Waals surface area contributed by atoms with Gasteiger partial charge in [0, 0.05) is 18.8 Å². The highest BCUT2D eigenvalue weighted by atomic mass is 16.5. The Morgan fingerprint density at radius 1 is 1.19 bits per heavy atom. The van der Waals surface area contributed by atoms with Gasteiger partial charge in [0.1, 0.15) is 5.78 Å². The number of hydrogen-bond donors (Lipinski definition) is 3. The minimum absolute atomic E-state index is 0.0466. The Bertz CT molecular complexity index is 475. The summed E-state index contributed by atoms with van der Waals surface area (Å²) in [6, 6.07) is 0. The standard InChI is InChI=1S/C21H36O6/c1-3-4-6-9-15(22)12-13-16-18(24)14-19(25)21(16)17(23)10-7-5-8-11-20(26)27-2/h12-13,15-18,21-24H,3-11,14H2,1-2H3/t15?,16-,17?,18-,21-/m0/s1. The summed E-state index contributed by atoms with van der Waals surface area (Å²) in [5.74, 6) is -1.45. The second-order valence-electron chi connectivity index (χ2n) is 7.53. The van der Waals surface area contributed by atoms with E-state index in [0.29, 0.717) is 32.1 Å². The molecule has 0 bridgehead atoms. The lowest BCUT2D eigenvalue weighted by molar-refractivity contribution is -0.140. The van der Waals surface area contributed by atoms with E-state index in [4.69, 9.17) is 0 Å². The number of carbonyl (C=O) groups excluding carboxylic acids is 2. The number of Topliss-reactive ketones (excluding diaryl/α,β-unsaturated/α-hetero) is 1. The largest absolute Gasteiger partial charge is 0.469 e. The third kappa shape index (κ3) is 8.54. The molecule has 0 aromatic carbocycles. The van der Waals surface area contributed by atoms with Crippen LogP contribution < -0.4 is 0 Å². The van der Waals surface area contributed by atoms with Crippen LogP contribution in [0.4, 0.5) is 0 Å². The van der Waals surface area contributed by atoms with Crippen molar-refractivity contribution in [2.75, 3.05) is 7.11 Å². The van der Waals surface area contributed by atoms with Gasteiger partial charge in [0.2, 0.25) is 0 Å². The van der Waals surface area contributed by atoms with Crippen molar-refractivity contribution in [3.8, 4) is 0 Å². The van der Waals surface area contributed by atoms with Crippen LogP contribution in [-0.4, -0.2) is 52.5 Å². The molecule has 27 heavy (non-hydrogen) atoms. The lowest BCUT2D eigenvalue weighted by Gasteiger charge is -2.23. The maximum Gasteiger partial charge on any atom is 0.305 e. The quantitative estimate of drug-likeness (QED) is 0.256. The molecule has 2 unspecified atom stereocenters. The van der Waals surface area contributed by atoms with Gasteiger partial charge in [-0.15, -0.1) is 0 Å². The van der Waals surface area contributed by atoms with Crippen LogP contribution in [0.1, 0.15) is 71.1 Å². The second-order valence-corrected chi connectivity index (χ2v) is 7.53. The highest BCUT2D eigenvalue weighted by molar-refractivity contribution is 5.85. The molecule has 6 nitrogen and oxygen atoms in total. The van der Waals surface area contributed by atoms with Gasteiger partial charge in [-0.05, 0) is 19.3 Å². The zero-order valence-corrected chi connectivity index (χ0v) is 16.7. The van der Waals surface area contributed by atoms with Gasteiger partial charge < -0.3 is 20.1 Å². The Kier molecular flexibility index (Phi) is 11.5. The fourth-order valence-corrected chi connectivity index (χ4v) is 3.69. The van der Waals surface area contributed by atoms with Crippen molar-refractivity contribution >= 4 is 11.8 Å². The Labute approximate surface area is 162 Å². The van der Waals surface area contributed by atoms with Crippen molar-refractivity contribution < 1.29 is 29.6 Å². The van der Waals surface area contributed by atoms with Gasteiger partial charge in [0.25, 0.3) is 0 Å². The van der Waals surface area contributed by atoms with E-state index in [-0.39, 0.29) is 18.2 Å². The maximum atomic E-state index is 12.2. The molecule has 0 radical (unpaired) electrons. The molecule has 1 aliphatic carbocycles. The van der Waals surface area contributed by atoms with E-state index in [9.17, 15) is 24.9 Å². The smallest absolute Gasteiger partial charge is 0.305 e. The normalized spacial score (nSPS) is 25.1. The first kappa shape index (κ1) is 23.8. The van der Waals surface area contributed by atoms with E-state index < -0.39 is 30.1 Å². The van der Waals surface area contributed by atoms with Gasteiger partial charge in [-0.1, -0.05) is 51.2 Å². The lowest BCUT2D eigenvalue weighted by atomic mass is 9.86. The average Bonchev–Trinajstić information content (AvgIpc) is 2.92. The Hall–Kier alpha value is -1.24. The molecular formula is C21H36O6. The summed E-state index contributed by atoms with van der Waals surface area (Å²) in [6.45, 7) is 2.10. The van der Waals surface area contributed by atoms with Gasteiger partial charge in [0.05, 0.1) is 31.3 Å². The Morgan fingerprint density at radius 2 is 1.89 bits per heavy atom. The van der Waals surface area contributed by atoms with E-state index >= 15 is 0 Å². The monoisotopic (exact) mass is 384 g/mol. The summed E-state index contributed by atoms with van der Waals surface area (Å²) in [5, 5.41) is 30.7. The molecule has 0 aromatic heterocycles. The fraction of sp³-hybridized carbons (Fsp3) is 0.810. The fourth-order valence-electron chi connectivity index (χ4n) is 3.69. The van der Waals surface area contributed by atoms with E-state index in [1.165, 1.54) is 7.11 Å². The van der Waals surface area contributed by atoms with Gasteiger partial charge in [0.15, 0.2) is 0 Å². The molecule has 3 N–H and O–H groups in total. The van der Waals surface area contributed by atoms with Crippen LogP contribution in [0.5, 0.6) is 0 Å². The number of unbranched alkanes of at least 4 members (excludes halogenated alkanes) is 4. The number of carbonyl (C=O) groups is 2. The summed E-state index contributed by atoms with van der Waals surface area (Å²) in [4.78, 5) is 23.3. The topological polar surface area (TPSA) is 104 Å². The molecule has 0 spiro atoms. The summed E-state index contributed by atoms with van der Waals surface area (Å²) in [6.07, 6.45) is 7.90. The second kappa shape index (κ2) is 13.0.